The zero-order valence-electron chi connectivity index (χ0n) is 96.9. The fourth-order valence-corrected chi connectivity index (χ4v) is 24.7. The Morgan fingerprint density at radius 3 is 0.667 bits per heavy atom. The van der Waals surface area contributed by atoms with Gasteiger partial charge in [-0.05, 0) is 218 Å². The van der Waals surface area contributed by atoms with Crippen LogP contribution in [-0.2, 0) is 105 Å². The second-order valence-corrected chi connectivity index (χ2v) is 63.7. The van der Waals surface area contributed by atoms with Crippen molar-refractivity contribution in [2.75, 3.05) is 26.4 Å². The highest BCUT2D eigenvalue weighted by atomic mass is 31.2. The highest BCUT2D eigenvalue weighted by molar-refractivity contribution is 7.42. The lowest BCUT2D eigenvalue weighted by Gasteiger charge is -2.44. The van der Waals surface area contributed by atoms with E-state index in [4.69, 9.17) is 53.0 Å². The molecule has 0 amide bonds. The van der Waals surface area contributed by atoms with Gasteiger partial charge in [0.25, 0.3) is 0 Å². The lowest BCUT2D eigenvalue weighted by molar-refractivity contribution is -0.0185. The summed E-state index contributed by atoms with van der Waals surface area (Å²) < 4.78 is 89.9. The lowest BCUT2D eigenvalue weighted by atomic mass is 9.66. The van der Waals surface area contributed by atoms with Gasteiger partial charge in [-0.3, -0.25) is 0 Å². The molecule has 1 aliphatic carbocycles. The largest absolute Gasteiger partial charge is 0.453 e. The molecule has 16 heteroatoms. The molecule has 774 valence electrons. The van der Waals surface area contributed by atoms with Crippen LogP contribution in [0.5, 0.6) is 23.0 Å². The van der Waals surface area contributed by atoms with Crippen LogP contribution in [0.3, 0.4) is 0 Å². The Labute approximate surface area is 857 Å². The summed E-state index contributed by atoms with van der Waals surface area (Å²) >= 11 is 0. The van der Waals surface area contributed by atoms with Crippen molar-refractivity contribution in [2.45, 2.75) is 458 Å². The van der Waals surface area contributed by atoms with Crippen molar-refractivity contribution in [3.05, 3.63) is 186 Å². The highest BCUT2D eigenvalue weighted by Gasteiger charge is 2.47. The van der Waals surface area contributed by atoms with E-state index < -0.39 is 55.3 Å². The van der Waals surface area contributed by atoms with Crippen LogP contribution in [0.2, 0.25) is 0 Å². The molecule has 0 radical (unpaired) electrons. The third-order valence-corrected chi connectivity index (χ3v) is 33.6. The van der Waals surface area contributed by atoms with E-state index in [1.165, 1.54) is 44.5 Å². The molecule has 1 spiro atoms. The second-order valence-electron chi connectivity index (χ2n) is 59.4. The molecule has 2 aliphatic heterocycles. The molecule has 0 bridgehead atoms. The summed E-state index contributed by atoms with van der Waals surface area (Å²) in [4.78, 5) is 0. The predicted molar refractivity (Wildman–Crippen MR) is 604 cm³/mol. The summed E-state index contributed by atoms with van der Waals surface area (Å²) in [6, 6.07) is 38.1. The van der Waals surface area contributed by atoms with E-state index in [-0.39, 0.29) is 75.8 Å². The van der Waals surface area contributed by atoms with Crippen molar-refractivity contribution < 1.29 is 53.0 Å². The molecule has 1 saturated carbocycles. The van der Waals surface area contributed by atoms with Gasteiger partial charge in [0.2, 0.25) is 0 Å². The number of hydrogen-bond donors (Lipinski definition) is 0. The Morgan fingerprint density at radius 1 is 0.241 bits per heavy atom. The van der Waals surface area contributed by atoms with Crippen LogP contribution in [0.25, 0.3) is 66.1 Å². The molecular formula is C125H182O12P4. The first-order chi connectivity index (χ1) is 63.7. The summed E-state index contributed by atoms with van der Waals surface area (Å²) in [6.07, 6.45) is 4.99. The molecule has 8 aromatic carbocycles. The van der Waals surface area contributed by atoms with Gasteiger partial charge in [-0.2, -0.15) is 0 Å². The average molecular weight is 2000 g/mol. The number of fused-ring (bicyclic) bond motifs is 6. The van der Waals surface area contributed by atoms with Crippen LogP contribution in [0.4, 0.5) is 0 Å². The monoisotopic (exact) mass is 2000 g/mol. The van der Waals surface area contributed by atoms with Crippen LogP contribution >= 0.6 is 33.7 Å². The molecule has 13 rings (SSSR count). The molecule has 1 atom stereocenters. The maximum Gasteiger partial charge on any atom is 0.453 e. The van der Waals surface area contributed by atoms with Crippen LogP contribution < -0.4 is 18.1 Å². The molecule has 2 saturated heterocycles. The predicted octanol–water partition coefficient (Wildman–Crippen LogP) is 40.2. The van der Waals surface area contributed by atoms with Crippen molar-refractivity contribution in [1.29, 1.82) is 0 Å². The Morgan fingerprint density at radius 2 is 0.440 bits per heavy atom. The normalized spacial score (nSPS) is 18.4. The fraction of sp³-hybridized carbons (Fsp3) is 0.616. The standard InChI is InChI=1S/C125H182O12P4/c1-108(2,3)76-54-84(100(92(62-76)115(22,23)24)130-138-126-71-123(46,47)72-127-138)86-56-78(110(7,8)9)64-94(117(28,29)30)102(86)133-141-136-106-90(60-82(114(19,20)21)68-98(106)121(40,41)42)91-61-83(69-99(107(91)137-141)122(43,44)45)124(48,49)70-75-50-52-125(53-51-75)73-128-139(129-74-125)131-101-85(55-77(109(4,5)6)63-93(101)116(25,26)27)87-57-79(111(10,11)12)65-95(118(31,32)33)103(87)132-140-134-104-88(58-80(112(13,14)15)66-96(104)119(34,35)36)89-59-81(113(16,17)18)67-97(105(89)135-140)120(37,38)39/h54-69,75H,50-53,70-74H2,1-49H3. The van der Waals surface area contributed by atoms with Crippen LogP contribution in [-0.4, -0.2) is 26.4 Å². The van der Waals surface area contributed by atoms with E-state index in [0.29, 0.717) is 43.8 Å². The molecular weight excluding hydrogens is 1820 g/mol. The maximum atomic E-state index is 8.02. The highest BCUT2D eigenvalue weighted by Crippen LogP contribution is 2.63. The van der Waals surface area contributed by atoms with Crippen molar-refractivity contribution in [1.82, 2.24) is 0 Å². The molecule has 4 heterocycles. The average Bonchev–Trinajstić information content (AvgIpc) is 1.57. The molecule has 0 N–H and O–H groups in total. The summed E-state index contributed by atoms with van der Waals surface area (Å²) in [7, 11) is -8.20. The Kier molecular flexibility index (Phi) is 29.8. The third-order valence-electron chi connectivity index (χ3n) is 29.5. The van der Waals surface area contributed by atoms with Crippen LogP contribution in [0.15, 0.2) is 114 Å². The molecule has 12 nitrogen and oxygen atoms in total. The number of hydrogen-bond acceptors (Lipinski definition) is 12. The topological polar surface area (TPSA) is 126 Å². The van der Waals surface area contributed by atoms with Gasteiger partial charge < -0.3 is 53.0 Å². The maximum absolute atomic E-state index is 8.02. The van der Waals surface area contributed by atoms with Gasteiger partial charge in [-0.15, -0.1) is 0 Å². The molecule has 1 unspecified atom stereocenters. The van der Waals surface area contributed by atoms with E-state index in [0.717, 1.165) is 154 Å². The minimum Gasteiger partial charge on any atom is -0.426 e. The van der Waals surface area contributed by atoms with Gasteiger partial charge in [0.1, 0.15) is 45.3 Å². The third kappa shape index (κ3) is 24.6. The second kappa shape index (κ2) is 37.6. The molecule has 141 heavy (non-hydrogen) atoms. The first-order valence-electron chi connectivity index (χ1n) is 52.4. The van der Waals surface area contributed by atoms with Crippen molar-refractivity contribution in [3.63, 3.8) is 0 Å². The van der Waals surface area contributed by atoms with Gasteiger partial charge in [0, 0.05) is 99.1 Å². The van der Waals surface area contributed by atoms with Gasteiger partial charge in [-0.1, -0.05) is 388 Å². The van der Waals surface area contributed by atoms with E-state index in [1.807, 2.05) is 0 Å². The van der Waals surface area contributed by atoms with Crippen LogP contribution in [0, 0.1) is 16.7 Å². The first kappa shape index (κ1) is 112. The Balaban J connectivity index is 0.900. The zero-order chi connectivity index (χ0) is 106. The summed E-state index contributed by atoms with van der Waals surface area (Å²) in [5, 5.41) is 4.07. The van der Waals surface area contributed by atoms with Gasteiger partial charge >= 0.3 is 33.7 Å². The molecule has 2 aromatic heterocycles. The lowest BCUT2D eigenvalue weighted by Crippen LogP contribution is -2.39. The van der Waals surface area contributed by atoms with Gasteiger partial charge in [-0.25, -0.2) is 0 Å². The molecule has 3 fully saturated rings. The number of benzene rings is 8. The van der Waals surface area contributed by atoms with Crippen molar-refractivity contribution in [3.8, 4) is 45.3 Å². The summed E-state index contributed by atoms with van der Waals surface area (Å²) in [5.41, 5.74) is 19.8. The van der Waals surface area contributed by atoms with E-state index >= 15 is 0 Å². The van der Waals surface area contributed by atoms with Gasteiger partial charge in [0.15, 0.2) is 0 Å². The SMILES string of the molecule is CC1(C)COP(Oc2c(-c3cc(C(C)(C)C)cc(C(C)(C)C)c3Op3oc4c(C(C)(C)C)cc(C(C)(C)C)cc4c4cc(C(C)(C)CC5CCC6(CC5)COP(Oc5c(-c7cc(C(C)(C)C)cc(C(C)(C)C)c7Op7oc8c(C(C)(C)C)cc(C(C)(C)C)cc8c8cc(C(C)(C)C)cc(C(C)(C)C)c8o7)cc(C(C)(C)C)cc5C(C)(C)C)OC6)cc(C(C)(C)C)c4o3)cc(C(C)(C)C)cc2C(C)(C)C)OC1. The quantitative estimate of drug-likeness (QED) is 0.102. The van der Waals surface area contributed by atoms with Crippen LogP contribution in [0.1, 0.15) is 460 Å². The number of rotatable bonds is 13. The minimum atomic E-state index is -2.28. The van der Waals surface area contributed by atoms with E-state index in [2.05, 4.69) is 436 Å². The molecule has 10 aromatic rings. The zero-order valence-corrected chi connectivity index (χ0v) is 100. The van der Waals surface area contributed by atoms with Crippen molar-refractivity contribution in [2.24, 2.45) is 16.7 Å². The van der Waals surface area contributed by atoms with E-state index in [1.54, 1.807) is 0 Å². The molecule has 3 aliphatic rings. The Bertz CT molecular complexity index is 6350. The van der Waals surface area contributed by atoms with E-state index in [9.17, 15) is 0 Å². The van der Waals surface area contributed by atoms with Crippen molar-refractivity contribution >= 4 is 77.6 Å². The summed E-state index contributed by atoms with van der Waals surface area (Å²) in [5.74, 6) is 3.29. The summed E-state index contributed by atoms with van der Waals surface area (Å²) in [6.45, 7) is 115. The smallest absolute Gasteiger partial charge is 0.426 e. The van der Waals surface area contributed by atoms with Gasteiger partial charge in [0.05, 0.1) is 26.4 Å². The first-order valence-corrected chi connectivity index (χ1v) is 56.8. The Hall–Kier alpha value is -6.54. The fourth-order valence-electron chi connectivity index (χ4n) is 19.7. The minimum absolute atomic E-state index is 0.160.